The van der Waals surface area contributed by atoms with E-state index in [0.717, 1.165) is 0 Å². The van der Waals surface area contributed by atoms with E-state index in [0.29, 0.717) is 31.7 Å². The molecule has 0 bridgehead atoms. The van der Waals surface area contributed by atoms with Crippen LogP contribution in [0.2, 0.25) is 0 Å². The molecule has 0 saturated carbocycles. The minimum Gasteiger partial charge on any atom is -0.375 e. The van der Waals surface area contributed by atoms with Crippen molar-refractivity contribution >= 4 is 5.69 Å². The summed E-state index contributed by atoms with van der Waals surface area (Å²) in [7, 11) is 0. The van der Waals surface area contributed by atoms with Crippen molar-refractivity contribution in [2.24, 2.45) is 5.73 Å². The standard InChI is InChI=1S/C15H21F3N2O/c1-10(19)7-12-3-4-14(13(8-12)15(16,17)18)20-5-6-21-11(2)9-20/h3-4,8,10-11H,5-7,9,19H2,1-2H3. The summed E-state index contributed by atoms with van der Waals surface area (Å²) in [4.78, 5) is 1.74. The predicted octanol–water partition coefficient (Wildman–Crippen LogP) is 2.82. The zero-order chi connectivity index (χ0) is 15.6. The maximum Gasteiger partial charge on any atom is 0.418 e. The van der Waals surface area contributed by atoms with E-state index in [1.54, 1.807) is 24.0 Å². The highest BCUT2D eigenvalue weighted by Gasteiger charge is 2.36. The highest BCUT2D eigenvalue weighted by molar-refractivity contribution is 5.57. The van der Waals surface area contributed by atoms with Crippen LogP contribution in [0.25, 0.3) is 0 Å². The third-order valence-electron chi connectivity index (χ3n) is 3.51. The Bertz CT molecular complexity index is 488. The average molecular weight is 302 g/mol. The van der Waals surface area contributed by atoms with E-state index in [1.165, 1.54) is 6.07 Å². The van der Waals surface area contributed by atoms with Crippen molar-refractivity contribution in [1.82, 2.24) is 0 Å². The number of halogens is 3. The van der Waals surface area contributed by atoms with Gasteiger partial charge in [-0.1, -0.05) is 6.07 Å². The number of nitrogens with zero attached hydrogens (tertiary/aromatic N) is 1. The van der Waals surface area contributed by atoms with Gasteiger partial charge >= 0.3 is 6.18 Å². The Hall–Kier alpha value is -1.27. The normalized spacial score (nSPS) is 21.4. The Morgan fingerprint density at radius 2 is 2.14 bits per heavy atom. The molecule has 1 aliphatic heterocycles. The molecule has 2 unspecified atom stereocenters. The van der Waals surface area contributed by atoms with Gasteiger partial charge < -0.3 is 15.4 Å². The zero-order valence-electron chi connectivity index (χ0n) is 12.3. The van der Waals surface area contributed by atoms with Crippen LogP contribution in [0.3, 0.4) is 0 Å². The van der Waals surface area contributed by atoms with Gasteiger partial charge in [-0.15, -0.1) is 0 Å². The van der Waals surface area contributed by atoms with Crippen LogP contribution in [0.1, 0.15) is 25.0 Å². The molecule has 2 N–H and O–H groups in total. The van der Waals surface area contributed by atoms with Gasteiger partial charge in [0, 0.05) is 24.8 Å². The molecule has 2 rings (SSSR count). The van der Waals surface area contributed by atoms with Crippen LogP contribution in [0.15, 0.2) is 18.2 Å². The molecule has 1 aromatic rings. The summed E-state index contributed by atoms with van der Waals surface area (Å²) >= 11 is 0. The van der Waals surface area contributed by atoms with Crippen molar-refractivity contribution in [1.29, 1.82) is 0 Å². The number of hydrogen-bond acceptors (Lipinski definition) is 3. The first-order valence-electron chi connectivity index (χ1n) is 7.09. The lowest BCUT2D eigenvalue weighted by molar-refractivity contribution is -0.137. The zero-order valence-corrected chi connectivity index (χ0v) is 12.3. The number of nitrogens with two attached hydrogens (primary N) is 1. The molecular formula is C15H21F3N2O. The number of ether oxygens (including phenoxy) is 1. The van der Waals surface area contributed by atoms with E-state index >= 15 is 0 Å². The minimum atomic E-state index is -4.37. The maximum absolute atomic E-state index is 13.3. The summed E-state index contributed by atoms with van der Waals surface area (Å²) in [5, 5.41) is 0. The number of hydrogen-bond donors (Lipinski definition) is 1. The molecular weight excluding hydrogens is 281 g/mol. The Balaban J connectivity index is 2.35. The maximum atomic E-state index is 13.3. The summed E-state index contributed by atoms with van der Waals surface area (Å²) < 4.78 is 45.4. The largest absolute Gasteiger partial charge is 0.418 e. The van der Waals surface area contributed by atoms with E-state index in [9.17, 15) is 13.2 Å². The summed E-state index contributed by atoms with van der Waals surface area (Å²) in [5.74, 6) is 0. The number of alkyl halides is 3. The highest BCUT2D eigenvalue weighted by atomic mass is 19.4. The van der Waals surface area contributed by atoms with Crippen LogP contribution in [0.5, 0.6) is 0 Å². The fraction of sp³-hybridized carbons (Fsp3) is 0.600. The Morgan fingerprint density at radius 3 is 2.71 bits per heavy atom. The summed E-state index contributed by atoms with van der Waals surface area (Å²) in [5.41, 5.74) is 5.93. The first-order valence-corrected chi connectivity index (χ1v) is 7.09. The molecule has 0 spiro atoms. The molecule has 0 aliphatic carbocycles. The molecule has 1 aliphatic rings. The van der Waals surface area contributed by atoms with Crippen molar-refractivity contribution in [3.05, 3.63) is 29.3 Å². The fourth-order valence-electron chi connectivity index (χ4n) is 2.62. The minimum absolute atomic E-state index is 0.0661. The lowest BCUT2D eigenvalue weighted by Crippen LogP contribution is -2.42. The second-order valence-electron chi connectivity index (χ2n) is 5.66. The van der Waals surface area contributed by atoms with E-state index in [2.05, 4.69) is 0 Å². The van der Waals surface area contributed by atoms with Crippen molar-refractivity contribution in [3.63, 3.8) is 0 Å². The molecule has 1 aromatic carbocycles. The quantitative estimate of drug-likeness (QED) is 0.933. The molecule has 0 aromatic heterocycles. The van der Waals surface area contributed by atoms with Crippen molar-refractivity contribution in [3.8, 4) is 0 Å². The van der Waals surface area contributed by atoms with Crippen molar-refractivity contribution in [2.45, 2.75) is 38.6 Å². The first-order chi connectivity index (χ1) is 9.77. The van der Waals surface area contributed by atoms with Crippen LogP contribution >= 0.6 is 0 Å². The molecule has 3 nitrogen and oxygen atoms in total. The molecule has 1 fully saturated rings. The summed E-state index contributed by atoms with van der Waals surface area (Å²) in [6.07, 6.45) is -4.00. The number of anilines is 1. The fourth-order valence-corrected chi connectivity index (χ4v) is 2.62. The number of morpholine rings is 1. The second kappa shape index (κ2) is 6.23. The van der Waals surface area contributed by atoms with Gasteiger partial charge in [-0.05, 0) is 38.0 Å². The van der Waals surface area contributed by atoms with Crippen molar-refractivity contribution in [2.75, 3.05) is 24.6 Å². The van der Waals surface area contributed by atoms with Crippen LogP contribution in [0, 0.1) is 0 Å². The Morgan fingerprint density at radius 1 is 1.43 bits per heavy atom. The summed E-state index contributed by atoms with van der Waals surface area (Å²) in [6.45, 7) is 5.03. The van der Waals surface area contributed by atoms with Gasteiger partial charge in [0.05, 0.1) is 18.3 Å². The SMILES string of the molecule is CC(N)Cc1ccc(N2CCOC(C)C2)c(C(F)(F)F)c1. The molecule has 6 heteroatoms. The van der Waals surface area contributed by atoms with E-state index in [1.807, 2.05) is 6.92 Å². The summed E-state index contributed by atoms with van der Waals surface area (Å²) in [6, 6.07) is 4.34. The molecule has 21 heavy (non-hydrogen) atoms. The molecule has 0 radical (unpaired) electrons. The Kier molecular flexibility index (Phi) is 4.78. The van der Waals surface area contributed by atoms with Crippen LogP contribution in [-0.4, -0.2) is 31.8 Å². The number of benzene rings is 1. The molecule has 118 valence electrons. The second-order valence-corrected chi connectivity index (χ2v) is 5.66. The topological polar surface area (TPSA) is 38.5 Å². The number of rotatable bonds is 3. The third kappa shape index (κ3) is 4.11. The van der Waals surface area contributed by atoms with Crippen LogP contribution in [-0.2, 0) is 17.3 Å². The van der Waals surface area contributed by atoms with Gasteiger partial charge in [0.25, 0.3) is 0 Å². The first kappa shape index (κ1) is 16.1. The van der Waals surface area contributed by atoms with E-state index in [4.69, 9.17) is 10.5 Å². The third-order valence-corrected chi connectivity index (χ3v) is 3.51. The molecule has 0 amide bonds. The van der Waals surface area contributed by atoms with Gasteiger partial charge in [0.1, 0.15) is 0 Å². The molecule has 1 saturated heterocycles. The van der Waals surface area contributed by atoms with Crippen molar-refractivity contribution < 1.29 is 17.9 Å². The molecule has 1 heterocycles. The van der Waals surface area contributed by atoms with Gasteiger partial charge in [-0.2, -0.15) is 13.2 Å². The lowest BCUT2D eigenvalue weighted by atomic mass is 10.0. The lowest BCUT2D eigenvalue weighted by Gasteiger charge is -2.34. The van der Waals surface area contributed by atoms with E-state index in [-0.39, 0.29) is 17.8 Å². The van der Waals surface area contributed by atoms with Gasteiger partial charge in [0.15, 0.2) is 0 Å². The van der Waals surface area contributed by atoms with Gasteiger partial charge in [-0.3, -0.25) is 0 Å². The average Bonchev–Trinajstić information content (AvgIpc) is 2.37. The monoisotopic (exact) mass is 302 g/mol. The predicted molar refractivity (Wildman–Crippen MR) is 76.4 cm³/mol. The van der Waals surface area contributed by atoms with E-state index < -0.39 is 11.7 Å². The van der Waals surface area contributed by atoms with Crippen LogP contribution < -0.4 is 10.6 Å². The molecule has 2 atom stereocenters. The highest BCUT2D eigenvalue weighted by Crippen LogP contribution is 2.38. The Labute approximate surface area is 122 Å². The smallest absolute Gasteiger partial charge is 0.375 e. The van der Waals surface area contributed by atoms with Gasteiger partial charge in [0.2, 0.25) is 0 Å². The van der Waals surface area contributed by atoms with Gasteiger partial charge in [-0.25, -0.2) is 0 Å². The van der Waals surface area contributed by atoms with Crippen LogP contribution in [0.4, 0.5) is 18.9 Å².